The van der Waals surface area contributed by atoms with Crippen molar-refractivity contribution in [2.75, 3.05) is 11.1 Å². The number of hydrogen-bond donors (Lipinski definition) is 2. The number of benzene rings is 3. The van der Waals surface area contributed by atoms with Crippen LogP contribution in [0.5, 0.6) is 0 Å². The van der Waals surface area contributed by atoms with Gasteiger partial charge in [-0.1, -0.05) is 41.9 Å². The van der Waals surface area contributed by atoms with Crippen molar-refractivity contribution in [3.63, 3.8) is 0 Å². The highest BCUT2D eigenvalue weighted by Crippen LogP contribution is 2.21. The van der Waals surface area contributed by atoms with Crippen LogP contribution in [0.4, 0.5) is 5.69 Å². The van der Waals surface area contributed by atoms with Gasteiger partial charge in [0, 0.05) is 38.3 Å². The quantitative estimate of drug-likeness (QED) is 0.195. The number of rotatable bonds is 8. The third kappa shape index (κ3) is 6.27. The Kier molecular flexibility index (Phi) is 7.67. The van der Waals surface area contributed by atoms with E-state index in [9.17, 15) is 9.59 Å². The van der Waals surface area contributed by atoms with E-state index in [2.05, 4.69) is 15.8 Å². The Morgan fingerprint density at radius 2 is 1.82 bits per heavy atom. The smallest absolute Gasteiger partial charge is 0.250 e. The van der Waals surface area contributed by atoms with Gasteiger partial charge < -0.3 is 9.88 Å². The van der Waals surface area contributed by atoms with Gasteiger partial charge in [0.05, 0.1) is 12.0 Å². The molecule has 0 aliphatic carbocycles. The lowest BCUT2D eigenvalue weighted by Gasteiger charge is -2.08. The second-order valence-corrected chi connectivity index (χ2v) is 9.17. The van der Waals surface area contributed by atoms with Crippen LogP contribution in [0.15, 0.2) is 89.0 Å². The number of aromatic nitrogens is 1. The number of hydrogen-bond acceptors (Lipinski definition) is 4. The Hall–Kier alpha value is -3.55. The van der Waals surface area contributed by atoms with Gasteiger partial charge in [-0.25, -0.2) is 5.43 Å². The standard InChI is InChI=1S/C26H23ClN4O2S/c1-18-5-4-6-21(13-18)29-25(32)16-31-15-19(23-7-2-3-8-24(23)31)14-28-30-26(33)17-34-22-11-9-20(27)10-12-22/h2-15H,16-17H2,1H3,(H,29,32)(H,30,33)/b28-14-. The van der Waals surface area contributed by atoms with Gasteiger partial charge in [0.15, 0.2) is 0 Å². The van der Waals surface area contributed by atoms with Gasteiger partial charge in [-0.2, -0.15) is 5.10 Å². The number of halogens is 1. The fourth-order valence-electron chi connectivity index (χ4n) is 3.47. The molecular formula is C26H23ClN4O2S. The Morgan fingerprint density at radius 1 is 1.03 bits per heavy atom. The number of thioether (sulfide) groups is 1. The SMILES string of the molecule is Cc1cccc(NC(=O)Cn2cc(/C=N\NC(=O)CSc3ccc(Cl)cc3)c3ccccc32)c1. The minimum atomic E-state index is -0.211. The fourth-order valence-corrected chi connectivity index (χ4v) is 4.29. The lowest BCUT2D eigenvalue weighted by atomic mass is 10.2. The van der Waals surface area contributed by atoms with E-state index in [-0.39, 0.29) is 24.1 Å². The van der Waals surface area contributed by atoms with Crippen molar-refractivity contribution in [1.82, 2.24) is 9.99 Å². The predicted molar refractivity (Wildman–Crippen MR) is 140 cm³/mol. The first-order valence-corrected chi connectivity index (χ1v) is 12.0. The van der Waals surface area contributed by atoms with Gasteiger partial charge in [-0.3, -0.25) is 9.59 Å². The first-order chi connectivity index (χ1) is 16.5. The summed E-state index contributed by atoms with van der Waals surface area (Å²) < 4.78 is 1.88. The van der Waals surface area contributed by atoms with Crippen molar-refractivity contribution in [3.05, 3.63) is 95.1 Å². The minimum Gasteiger partial charge on any atom is -0.337 e. The summed E-state index contributed by atoms with van der Waals surface area (Å²) >= 11 is 7.29. The van der Waals surface area contributed by atoms with Gasteiger partial charge in [0.2, 0.25) is 11.8 Å². The van der Waals surface area contributed by atoms with Crippen LogP contribution in [0.3, 0.4) is 0 Å². The summed E-state index contributed by atoms with van der Waals surface area (Å²) in [5.74, 6) is -0.0975. The number of aryl methyl sites for hydroxylation is 1. The van der Waals surface area contributed by atoms with Crippen molar-refractivity contribution >= 4 is 58.0 Å². The number of hydrazone groups is 1. The highest BCUT2D eigenvalue weighted by molar-refractivity contribution is 8.00. The fraction of sp³-hybridized carbons (Fsp3) is 0.115. The molecule has 2 amide bonds. The van der Waals surface area contributed by atoms with E-state index in [0.29, 0.717) is 5.02 Å². The molecule has 3 aromatic carbocycles. The lowest BCUT2D eigenvalue weighted by Crippen LogP contribution is -2.19. The van der Waals surface area contributed by atoms with Crippen molar-refractivity contribution < 1.29 is 9.59 Å². The van der Waals surface area contributed by atoms with E-state index < -0.39 is 0 Å². The molecule has 34 heavy (non-hydrogen) atoms. The molecule has 172 valence electrons. The van der Waals surface area contributed by atoms with E-state index in [1.165, 1.54) is 11.8 Å². The molecule has 1 aromatic heterocycles. The molecule has 6 nitrogen and oxygen atoms in total. The second kappa shape index (κ2) is 11.0. The average molecular weight is 491 g/mol. The van der Waals surface area contributed by atoms with E-state index in [1.54, 1.807) is 18.3 Å². The molecule has 0 spiro atoms. The second-order valence-electron chi connectivity index (χ2n) is 7.68. The Morgan fingerprint density at radius 3 is 2.62 bits per heavy atom. The third-order valence-electron chi connectivity index (χ3n) is 5.01. The summed E-state index contributed by atoms with van der Waals surface area (Å²) in [6.07, 6.45) is 3.46. The molecule has 0 fully saturated rings. The van der Waals surface area contributed by atoms with Crippen LogP contribution in [0, 0.1) is 6.92 Å². The molecule has 0 saturated carbocycles. The Balaban J connectivity index is 1.39. The summed E-state index contributed by atoms with van der Waals surface area (Å²) in [4.78, 5) is 25.7. The number of nitrogens with zero attached hydrogens (tertiary/aromatic N) is 2. The lowest BCUT2D eigenvalue weighted by molar-refractivity contribution is -0.118. The van der Waals surface area contributed by atoms with Crippen LogP contribution in [0.25, 0.3) is 10.9 Å². The topological polar surface area (TPSA) is 75.5 Å². The summed E-state index contributed by atoms with van der Waals surface area (Å²) in [6, 6.07) is 22.8. The molecule has 0 aliphatic heterocycles. The van der Waals surface area contributed by atoms with E-state index in [4.69, 9.17) is 11.6 Å². The Labute approximate surface area is 207 Å². The maximum absolute atomic E-state index is 12.6. The van der Waals surface area contributed by atoms with E-state index >= 15 is 0 Å². The highest BCUT2D eigenvalue weighted by Gasteiger charge is 2.11. The van der Waals surface area contributed by atoms with Crippen molar-refractivity contribution in [3.8, 4) is 0 Å². The average Bonchev–Trinajstić information content (AvgIpc) is 3.16. The van der Waals surface area contributed by atoms with Gasteiger partial charge >= 0.3 is 0 Å². The van der Waals surface area contributed by atoms with Crippen LogP contribution < -0.4 is 10.7 Å². The number of nitrogens with one attached hydrogen (secondary N) is 2. The maximum Gasteiger partial charge on any atom is 0.250 e. The van der Waals surface area contributed by atoms with Gasteiger partial charge in [0.25, 0.3) is 0 Å². The summed E-state index contributed by atoms with van der Waals surface area (Å²) in [5.41, 5.74) is 6.13. The number of para-hydroxylation sites is 1. The van der Waals surface area contributed by atoms with Gasteiger partial charge in [-0.15, -0.1) is 11.8 Å². The number of carbonyl (C=O) groups excluding carboxylic acids is 2. The largest absolute Gasteiger partial charge is 0.337 e. The first kappa shape index (κ1) is 23.6. The molecule has 0 saturated heterocycles. The van der Waals surface area contributed by atoms with Gasteiger partial charge in [-0.05, 0) is 55.0 Å². The summed E-state index contributed by atoms with van der Waals surface area (Å²) in [6.45, 7) is 2.14. The summed E-state index contributed by atoms with van der Waals surface area (Å²) in [7, 11) is 0. The van der Waals surface area contributed by atoms with Crippen LogP contribution in [0.1, 0.15) is 11.1 Å². The number of anilines is 1. The third-order valence-corrected chi connectivity index (χ3v) is 6.28. The molecule has 0 radical (unpaired) electrons. The van der Waals surface area contributed by atoms with E-state index in [1.807, 2.05) is 78.4 Å². The molecule has 2 N–H and O–H groups in total. The number of carbonyl (C=O) groups is 2. The first-order valence-electron chi connectivity index (χ1n) is 10.6. The minimum absolute atomic E-state index is 0.123. The molecule has 0 aliphatic rings. The van der Waals surface area contributed by atoms with Gasteiger partial charge in [0.1, 0.15) is 6.54 Å². The highest BCUT2D eigenvalue weighted by atomic mass is 35.5. The molecule has 0 atom stereocenters. The molecule has 1 heterocycles. The van der Waals surface area contributed by atoms with E-state index in [0.717, 1.165) is 32.6 Å². The molecule has 8 heteroatoms. The predicted octanol–water partition coefficient (Wildman–Crippen LogP) is 5.48. The zero-order valence-corrected chi connectivity index (χ0v) is 20.1. The molecule has 0 bridgehead atoms. The maximum atomic E-state index is 12.6. The van der Waals surface area contributed by atoms with Crippen LogP contribution in [-0.4, -0.2) is 28.3 Å². The molecule has 0 unspecified atom stereocenters. The Bertz CT molecular complexity index is 1350. The molecule has 4 rings (SSSR count). The molecular weight excluding hydrogens is 468 g/mol. The monoisotopic (exact) mass is 490 g/mol. The number of amides is 2. The van der Waals surface area contributed by atoms with Crippen LogP contribution >= 0.6 is 23.4 Å². The van der Waals surface area contributed by atoms with Crippen molar-refractivity contribution in [2.24, 2.45) is 5.10 Å². The zero-order valence-electron chi connectivity index (χ0n) is 18.5. The zero-order chi connectivity index (χ0) is 23.9. The van der Waals surface area contributed by atoms with Crippen LogP contribution in [-0.2, 0) is 16.1 Å². The number of fused-ring (bicyclic) bond motifs is 1. The van der Waals surface area contributed by atoms with Crippen LogP contribution in [0.2, 0.25) is 5.02 Å². The van der Waals surface area contributed by atoms with Crippen molar-refractivity contribution in [2.45, 2.75) is 18.4 Å². The summed E-state index contributed by atoms with van der Waals surface area (Å²) in [5, 5.41) is 8.65. The van der Waals surface area contributed by atoms with Crippen molar-refractivity contribution in [1.29, 1.82) is 0 Å². The normalized spacial score (nSPS) is 11.1. The molecule has 4 aromatic rings.